The number of carbonyl (C=O) groups is 2. The van der Waals surface area contributed by atoms with Gasteiger partial charge in [-0.25, -0.2) is 0 Å². The fraction of sp³-hybridized carbons (Fsp3) is 0.333. The Kier molecular flexibility index (Phi) is 6.08. The number of hydrogen-bond acceptors (Lipinski definition) is 4. The normalized spacial score (nSPS) is 13.3. The molecule has 27 heavy (non-hydrogen) atoms. The smallest absolute Gasteiger partial charge is 0.253 e. The predicted octanol–water partition coefficient (Wildman–Crippen LogP) is 2.66. The van der Waals surface area contributed by atoms with Gasteiger partial charge in [0.15, 0.2) is 0 Å². The number of anilines is 1. The quantitative estimate of drug-likeness (QED) is 0.753. The number of rotatable bonds is 8. The molecule has 0 radical (unpaired) electrons. The number of methoxy groups -OCH3 is 1. The standard InChI is InChI=1S/C21H25N3O3/c1-24(13-15-7-3-6-10-19(15)27-2)14-20(25)23-18-9-5-4-8-17(18)21(26)22-16-11-12-16/h3-10,16H,11-14H2,1-2H3,(H,22,26)(H,23,25). The van der Waals surface area contributed by atoms with Gasteiger partial charge in [0, 0.05) is 18.2 Å². The maximum atomic E-state index is 12.5. The van der Waals surface area contributed by atoms with Crippen molar-refractivity contribution in [3.63, 3.8) is 0 Å². The van der Waals surface area contributed by atoms with Gasteiger partial charge in [-0.1, -0.05) is 30.3 Å². The van der Waals surface area contributed by atoms with Crippen molar-refractivity contribution in [1.82, 2.24) is 10.2 Å². The van der Waals surface area contributed by atoms with Crippen molar-refractivity contribution in [2.24, 2.45) is 0 Å². The Labute approximate surface area is 159 Å². The van der Waals surface area contributed by atoms with Crippen LogP contribution in [0.5, 0.6) is 5.75 Å². The third-order valence-electron chi connectivity index (χ3n) is 4.40. The number of nitrogens with zero attached hydrogens (tertiary/aromatic N) is 1. The van der Waals surface area contributed by atoms with Crippen molar-refractivity contribution in [2.45, 2.75) is 25.4 Å². The highest BCUT2D eigenvalue weighted by atomic mass is 16.5. The molecular formula is C21H25N3O3. The van der Waals surface area contributed by atoms with Crippen LogP contribution in [0.1, 0.15) is 28.8 Å². The van der Waals surface area contributed by atoms with Crippen LogP contribution in [0.2, 0.25) is 0 Å². The monoisotopic (exact) mass is 367 g/mol. The molecule has 0 aromatic heterocycles. The molecule has 0 heterocycles. The molecule has 2 amide bonds. The zero-order chi connectivity index (χ0) is 19.2. The molecule has 6 nitrogen and oxygen atoms in total. The fourth-order valence-electron chi connectivity index (χ4n) is 2.90. The third kappa shape index (κ3) is 5.31. The third-order valence-corrected chi connectivity index (χ3v) is 4.40. The van der Waals surface area contributed by atoms with E-state index in [2.05, 4.69) is 10.6 Å². The highest BCUT2D eigenvalue weighted by molar-refractivity contribution is 6.04. The van der Waals surface area contributed by atoms with Crippen LogP contribution in [-0.4, -0.2) is 43.5 Å². The number of ether oxygens (including phenoxy) is 1. The number of amides is 2. The lowest BCUT2D eigenvalue weighted by Gasteiger charge is -2.18. The predicted molar refractivity (Wildman–Crippen MR) is 105 cm³/mol. The van der Waals surface area contributed by atoms with Crippen molar-refractivity contribution >= 4 is 17.5 Å². The van der Waals surface area contributed by atoms with Gasteiger partial charge in [0.05, 0.1) is 24.9 Å². The minimum Gasteiger partial charge on any atom is -0.496 e. The Balaban J connectivity index is 1.59. The molecule has 0 aliphatic heterocycles. The molecule has 1 aliphatic carbocycles. The maximum absolute atomic E-state index is 12.5. The summed E-state index contributed by atoms with van der Waals surface area (Å²) >= 11 is 0. The minimum absolute atomic E-state index is 0.143. The zero-order valence-electron chi connectivity index (χ0n) is 15.7. The zero-order valence-corrected chi connectivity index (χ0v) is 15.7. The van der Waals surface area contributed by atoms with Crippen molar-refractivity contribution in [3.05, 3.63) is 59.7 Å². The van der Waals surface area contributed by atoms with Gasteiger partial charge in [0.1, 0.15) is 5.75 Å². The van der Waals surface area contributed by atoms with E-state index < -0.39 is 0 Å². The summed E-state index contributed by atoms with van der Waals surface area (Å²) in [6.45, 7) is 0.790. The number of para-hydroxylation sites is 2. The molecule has 0 atom stereocenters. The van der Waals surface area contributed by atoms with Crippen molar-refractivity contribution in [1.29, 1.82) is 0 Å². The van der Waals surface area contributed by atoms with E-state index in [0.717, 1.165) is 24.2 Å². The van der Waals surface area contributed by atoms with Gasteiger partial charge in [-0.2, -0.15) is 0 Å². The molecule has 2 aromatic rings. The van der Waals surface area contributed by atoms with Gasteiger partial charge in [0.2, 0.25) is 5.91 Å². The molecule has 0 unspecified atom stereocenters. The fourth-order valence-corrected chi connectivity index (χ4v) is 2.90. The lowest BCUT2D eigenvalue weighted by Crippen LogP contribution is -2.31. The van der Waals surface area contributed by atoms with E-state index in [4.69, 9.17) is 4.74 Å². The SMILES string of the molecule is COc1ccccc1CN(C)CC(=O)Nc1ccccc1C(=O)NC1CC1. The molecule has 6 heteroatoms. The first kappa shape index (κ1) is 18.9. The van der Waals surface area contributed by atoms with E-state index in [9.17, 15) is 9.59 Å². The number of likely N-dealkylation sites (N-methyl/N-ethyl adjacent to an activating group) is 1. The second kappa shape index (κ2) is 8.68. The van der Waals surface area contributed by atoms with Crippen molar-refractivity contribution < 1.29 is 14.3 Å². The minimum atomic E-state index is -0.168. The van der Waals surface area contributed by atoms with Gasteiger partial charge in [-0.3, -0.25) is 14.5 Å². The lowest BCUT2D eigenvalue weighted by atomic mass is 10.1. The Morgan fingerprint density at radius 2 is 1.81 bits per heavy atom. The molecule has 1 fully saturated rings. The van der Waals surface area contributed by atoms with E-state index in [0.29, 0.717) is 17.8 Å². The average molecular weight is 367 g/mol. The number of hydrogen-bond donors (Lipinski definition) is 2. The summed E-state index contributed by atoms with van der Waals surface area (Å²) in [4.78, 5) is 26.7. The van der Waals surface area contributed by atoms with Crippen LogP contribution in [0, 0.1) is 0 Å². The molecule has 1 aliphatic rings. The molecule has 142 valence electrons. The van der Waals surface area contributed by atoms with Crippen LogP contribution in [0.4, 0.5) is 5.69 Å². The molecular weight excluding hydrogens is 342 g/mol. The molecule has 0 saturated heterocycles. The first-order chi connectivity index (χ1) is 13.1. The van der Waals surface area contributed by atoms with E-state index in [1.54, 1.807) is 25.3 Å². The van der Waals surface area contributed by atoms with Gasteiger partial charge >= 0.3 is 0 Å². The second-order valence-corrected chi connectivity index (χ2v) is 6.83. The van der Waals surface area contributed by atoms with Crippen LogP contribution >= 0.6 is 0 Å². The van der Waals surface area contributed by atoms with Crippen LogP contribution in [0.3, 0.4) is 0 Å². The van der Waals surface area contributed by atoms with Crippen LogP contribution in [-0.2, 0) is 11.3 Å². The van der Waals surface area contributed by atoms with E-state index >= 15 is 0 Å². The summed E-state index contributed by atoms with van der Waals surface area (Å²) in [5.74, 6) is 0.488. The lowest BCUT2D eigenvalue weighted by molar-refractivity contribution is -0.117. The molecule has 0 bridgehead atoms. The summed E-state index contributed by atoms with van der Waals surface area (Å²) in [5.41, 5.74) is 2.04. The molecule has 3 rings (SSSR count). The van der Waals surface area contributed by atoms with Crippen LogP contribution in [0.25, 0.3) is 0 Å². The largest absolute Gasteiger partial charge is 0.496 e. The van der Waals surface area contributed by atoms with E-state index in [1.165, 1.54) is 0 Å². The summed E-state index contributed by atoms with van der Waals surface area (Å²) < 4.78 is 5.35. The molecule has 2 N–H and O–H groups in total. The van der Waals surface area contributed by atoms with E-state index in [1.807, 2.05) is 42.3 Å². The number of carbonyl (C=O) groups excluding carboxylic acids is 2. The van der Waals surface area contributed by atoms with Crippen LogP contribution in [0.15, 0.2) is 48.5 Å². The number of benzene rings is 2. The average Bonchev–Trinajstić information content (AvgIpc) is 3.46. The summed E-state index contributed by atoms with van der Waals surface area (Å²) in [5, 5.41) is 5.81. The summed E-state index contributed by atoms with van der Waals surface area (Å²) in [7, 11) is 3.51. The van der Waals surface area contributed by atoms with E-state index in [-0.39, 0.29) is 24.4 Å². The Hall–Kier alpha value is -2.86. The Bertz CT molecular complexity index is 818. The Morgan fingerprint density at radius 1 is 1.11 bits per heavy atom. The second-order valence-electron chi connectivity index (χ2n) is 6.83. The van der Waals surface area contributed by atoms with Gasteiger partial charge in [0.25, 0.3) is 5.91 Å². The van der Waals surface area contributed by atoms with Gasteiger partial charge in [-0.15, -0.1) is 0 Å². The molecule has 1 saturated carbocycles. The number of nitrogens with one attached hydrogen (secondary N) is 2. The first-order valence-corrected chi connectivity index (χ1v) is 9.07. The summed E-state index contributed by atoms with van der Waals surface area (Å²) in [6, 6.07) is 15.1. The highest BCUT2D eigenvalue weighted by Crippen LogP contribution is 2.22. The van der Waals surface area contributed by atoms with Crippen molar-refractivity contribution in [3.8, 4) is 5.75 Å². The molecule has 2 aromatic carbocycles. The Morgan fingerprint density at radius 3 is 2.56 bits per heavy atom. The van der Waals surface area contributed by atoms with Gasteiger partial charge in [-0.05, 0) is 38.1 Å². The summed E-state index contributed by atoms with van der Waals surface area (Å²) in [6.07, 6.45) is 2.04. The van der Waals surface area contributed by atoms with Crippen LogP contribution < -0.4 is 15.4 Å². The van der Waals surface area contributed by atoms with Gasteiger partial charge < -0.3 is 15.4 Å². The molecule has 0 spiro atoms. The highest BCUT2D eigenvalue weighted by Gasteiger charge is 2.25. The topological polar surface area (TPSA) is 70.7 Å². The first-order valence-electron chi connectivity index (χ1n) is 9.07. The maximum Gasteiger partial charge on any atom is 0.253 e. The van der Waals surface area contributed by atoms with Crippen molar-refractivity contribution in [2.75, 3.05) is 26.0 Å².